The van der Waals surface area contributed by atoms with E-state index < -0.39 is 17.5 Å². The fourth-order valence-corrected chi connectivity index (χ4v) is 3.38. The predicted octanol–water partition coefficient (Wildman–Crippen LogP) is 4.71. The molecule has 0 saturated heterocycles. The number of carbonyl (C=O) groups is 1. The first-order valence-electron chi connectivity index (χ1n) is 9.30. The molecule has 0 aromatic heterocycles. The van der Waals surface area contributed by atoms with Crippen LogP contribution in [0.1, 0.15) is 50.8 Å². The standard InChI is InChI=1S/C22H26FNO3/c1-5-18(26-20-9-7-6-8-16(20)23)21(25)24-17-13-22(3,4)27-19-11-10-14(2)12-15(17)19/h6-12,17-18H,5,13H2,1-4H3,(H,24,25)/t17-,18+/m1/s1. The van der Waals surface area contributed by atoms with Crippen molar-refractivity contribution in [2.24, 2.45) is 0 Å². The minimum atomic E-state index is -0.763. The highest BCUT2D eigenvalue weighted by molar-refractivity contribution is 5.81. The van der Waals surface area contributed by atoms with Gasteiger partial charge in [-0.1, -0.05) is 36.8 Å². The van der Waals surface area contributed by atoms with E-state index in [1.165, 1.54) is 12.1 Å². The monoisotopic (exact) mass is 371 g/mol. The van der Waals surface area contributed by atoms with Crippen LogP contribution in [-0.4, -0.2) is 17.6 Å². The maximum Gasteiger partial charge on any atom is 0.261 e. The largest absolute Gasteiger partial charge is 0.487 e. The number of nitrogens with one attached hydrogen (secondary N) is 1. The Balaban J connectivity index is 1.80. The summed E-state index contributed by atoms with van der Waals surface area (Å²) in [6, 6.07) is 11.9. The topological polar surface area (TPSA) is 47.6 Å². The van der Waals surface area contributed by atoms with Gasteiger partial charge in [0.05, 0.1) is 6.04 Å². The number of hydrogen-bond acceptors (Lipinski definition) is 3. The maximum atomic E-state index is 13.9. The average molecular weight is 371 g/mol. The van der Waals surface area contributed by atoms with Crippen LogP contribution in [0.5, 0.6) is 11.5 Å². The van der Waals surface area contributed by atoms with Gasteiger partial charge in [-0.2, -0.15) is 0 Å². The molecule has 144 valence electrons. The number of halogens is 1. The molecule has 27 heavy (non-hydrogen) atoms. The highest BCUT2D eigenvalue weighted by atomic mass is 19.1. The van der Waals surface area contributed by atoms with Crippen molar-refractivity contribution in [3.63, 3.8) is 0 Å². The molecule has 0 unspecified atom stereocenters. The third-order valence-electron chi connectivity index (χ3n) is 4.71. The maximum absolute atomic E-state index is 13.9. The molecular formula is C22H26FNO3. The first-order valence-corrected chi connectivity index (χ1v) is 9.30. The lowest BCUT2D eigenvalue weighted by Crippen LogP contribution is -2.45. The predicted molar refractivity (Wildman–Crippen MR) is 102 cm³/mol. The summed E-state index contributed by atoms with van der Waals surface area (Å²) in [7, 11) is 0. The normalized spacial score (nSPS) is 18.8. The molecule has 2 aromatic carbocycles. The number of amides is 1. The average Bonchev–Trinajstić information content (AvgIpc) is 2.61. The zero-order valence-electron chi connectivity index (χ0n) is 16.2. The van der Waals surface area contributed by atoms with Gasteiger partial charge in [0.25, 0.3) is 5.91 Å². The molecule has 1 amide bonds. The zero-order valence-corrected chi connectivity index (χ0v) is 16.2. The van der Waals surface area contributed by atoms with E-state index >= 15 is 0 Å². The van der Waals surface area contributed by atoms with Crippen LogP contribution in [0.2, 0.25) is 0 Å². The zero-order chi connectivity index (χ0) is 19.6. The van der Waals surface area contributed by atoms with Crippen LogP contribution in [0.4, 0.5) is 4.39 Å². The fraction of sp³-hybridized carbons (Fsp3) is 0.409. The van der Waals surface area contributed by atoms with Gasteiger partial charge in [0, 0.05) is 12.0 Å². The number of hydrogen-bond donors (Lipinski definition) is 1. The van der Waals surface area contributed by atoms with Crippen molar-refractivity contribution in [3.8, 4) is 11.5 Å². The number of carbonyl (C=O) groups excluding carboxylic acids is 1. The first kappa shape index (κ1) is 19.2. The van der Waals surface area contributed by atoms with Crippen molar-refractivity contribution in [2.75, 3.05) is 0 Å². The van der Waals surface area contributed by atoms with Gasteiger partial charge in [0.2, 0.25) is 0 Å². The SMILES string of the molecule is CC[C@H](Oc1ccccc1F)C(=O)N[C@@H]1CC(C)(C)Oc2ccc(C)cc21. The molecule has 0 saturated carbocycles. The Morgan fingerprint density at radius 2 is 2.07 bits per heavy atom. The number of rotatable bonds is 5. The van der Waals surface area contributed by atoms with Crippen molar-refractivity contribution in [1.82, 2.24) is 5.32 Å². The van der Waals surface area contributed by atoms with E-state index in [-0.39, 0.29) is 17.7 Å². The quantitative estimate of drug-likeness (QED) is 0.828. The molecule has 2 aromatic rings. The van der Waals surface area contributed by atoms with Gasteiger partial charge in [-0.25, -0.2) is 4.39 Å². The lowest BCUT2D eigenvalue weighted by molar-refractivity contribution is -0.129. The number of fused-ring (bicyclic) bond motifs is 1. The van der Waals surface area contributed by atoms with Gasteiger partial charge < -0.3 is 14.8 Å². The van der Waals surface area contributed by atoms with E-state index in [0.29, 0.717) is 12.8 Å². The van der Waals surface area contributed by atoms with Crippen LogP contribution < -0.4 is 14.8 Å². The van der Waals surface area contributed by atoms with Gasteiger partial charge in [-0.3, -0.25) is 4.79 Å². The number of benzene rings is 2. The van der Waals surface area contributed by atoms with E-state index in [1.54, 1.807) is 12.1 Å². The molecule has 4 nitrogen and oxygen atoms in total. The van der Waals surface area contributed by atoms with Crippen molar-refractivity contribution in [3.05, 3.63) is 59.4 Å². The van der Waals surface area contributed by atoms with Crippen LogP contribution in [0.25, 0.3) is 0 Å². The number of ether oxygens (including phenoxy) is 2. The lowest BCUT2D eigenvalue weighted by atomic mass is 9.88. The first-order chi connectivity index (χ1) is 12.8. The summed E-state index contributed by atoms with van der Waals surface area (Å²) >= 11 is 0. The third kappa shape index (κ3) is 4.41. The van der Waals surface area contributed by atoms with E-state index in [1.807, 2.05) is 45.9 Å². The molecule has 3 rings (SSSR count). The van der Waals surface area contributed by atoms with Crippen molar-refractivity contribution in [2.45, 2.75) is 58.3 Å². The minimum absolute atomic E-state index is 0.0862. The second kappa shape index (κ2) is 7.59. The van der Waals surface area contributed by atoms with Crippen LogP contribution in [0.15, 0.2) is 42.5 Å². The fourth-order valence-electron chi connectivity index (χ4n) is 3.38. The molecule has 1 aliphatic heterocycles. The molecule has 1 aliphatic rings. The van der Waals surface area contributed by atoms with E-state index in [9.17, 15) is 9.18 Å². The Morgan fingerprint density at radius 1 is 1.33 bits per heavy atom. The van der Waals surface area contributed by atoms with Gasteiger partial charge in [0.1, 0.15) is 11.4 Å². The highest BCUT2D eigenvalue weighted by Gasteiger charge is 2.35. The molecule has 1 heterocycles. The smallest absolute Gasteiger partial charge is 0.261 e. The third-order valence-corrected chi connectivity index (χ3v) is 4.71. The summed E-state index contributed by atoms with van der Waals surface area (Å²) in [5.74, 6) is 0.140. The number of aryl methyl sites for hydroxylation is 1. The Bertz CT molecular complexity index is 834. The van der Waals surface area contributed by atoms with Crippen molar-refractivity contribution < 1.29 is 18.7 Å². The second-order valence-electron chi connectivity index (χ2n) is 7.61. The molecule has 2 atom stereocenters. The van der Waals surface area contributed by atoms with Crippen LogP contribution in [0.3, 0.4) is 0 Å². The number of para-hydroxylation sites is 1. The summed E-state index contributed by atoms with van der Waals surface area (Å²) in [4.78, 5) is 12.9. The van der Waals surface area contributed by atoms with Gasteiger partial charge in [-0.15, -0.1) is 0 Å². The van der Waals surface area contributed by atoms with Crippen LogP contribution in [0, 0.1) is 12.7 Å². The summed E-state index contributed by atoms with van der Waals surface area (Å²) in [6.07, 6.45) is 0.319. The summed E-state index contributed by atoms with van der Waals surface area (Å²) in [5, 5.41) is 3.08. The molecule has 0 fully saturated rings. The van der Waals surface area contributed by atoms with E-state index in [0.717, 1.165) is 16.9 Å². The van der Waals surface area contributed by atoms with Gasteiger partial charge in [-0.05, 0) is 45.4 Å². The van der Waals surface area contributed by atoms with Crippen molar-refractivity contribution in [1.29, 1.82) is 0 Å². The summed E-state index contributed by atoms with van der Waals surface area (Å²) in [6.45, 7) is 7.86. The van der Waals surface area contributed by atoms with Gasteiger partial charge >= 0.3 is 0 Å². The molecule has 0 aliphatic carbocycles. The Morgan fingerprint density at radius 3 is 2.78 bits per heavy atom. The van der Waals surface area contributed by atoms with Gasteiger partial charge in [0.15, 0.2) is 17.7 Å². The summed E-state index contributed by atoms with van der Waals surface area (Å²) in [5.41, 5.74) is 1.67. The second-order valence-corrected chi connectivity index (χ2v) is 7.61. The Hall–Kier alpha value is -2.56. The molecule has 0 spiro atoms. The molecular weight excluding hydrogens is 345 g/mol. The highest BCUT2D eigenvalue weighted by Crippen LogP contribution is 2.40. The summed E-state index contributed by atoms with van der Waals surface area (Å²) < 4.78 is 25.6. The van der Waals surface area contributed by atoms with Crippen LogP contribution in [-0.2, 0) is 4.79 Å². The van der Waals surface area contributed by atoms with E-state index in [4.69, 9.17) is 9.47 Å². The molecule has 0 bridgehead atoms. The minimum Gasteiger partial charge on any atom is -0.487 e. The molecule has 5 heteroatoms. The van der Waals surface area contributed by atoms with Crippen LogP contribution >= 0.6 is 0 Å². The lowest BCUT2D eigenvalue weighted by Gasteiger charge is -2.38. The van der Waals surface area contributed by atoms with Crippen molar-refractivity contribution >= 4 is 5.91 Å². The molecule has 1 N–H and O–H groups in total. The Kier molecular flexibility index (Phi) is 5.40. The van der Waals surface area contributed by atoms with E-state index in [2.05, 4.69) is 5.32 Å². The molecule has 0 radical (unpaired) electrons. The Labute approximate surface area is 159 Å².